The van der Waals surface area contributed by atoms with Gasteiger partial charge in [-0.25, -0.2) is 4.39 Å². The molecule has 0 aliphatic carbocycles. The molecule has 0 spiro atoms. The predicted octanol–water partition coefficient (Wildman–Crippen LogP) is 1.56. The van der Waals surface area contributed by atoms with Crippen LogP contribution in [0.4, 0.5) is 4.39 Å². The highest BCUT2D eigenvalue weighted by atomic mass is 19.1. The fourth-order valence-corrected chi connectivity index (χ4v) is 2.45. The molecule has 1 atom stereocenters. The van der Waals surface area contributed by atoms with Gasteiger partial charge in [0.1, 0.15) is 18.1 Å². The van der Waals surface area contributed by atoms with Gasteiger partial charge in [-0.05, 0) is 37.3 Å². The standard InChI is InChI=1S/C19H23FN2O2/c1-3-24-17-10-8-15(9-11-17)13-22(2)14-19(23)21-12-16-6-4-5-7-18(16)20/h4-11H,3,12-14H2,1-2H3,(H,21,23)/p+1. The summed E-state index contributed by atoms with van der Waals surface area (Å²) in [4.78, 5) is 13.1. The maximum Gasteiger partial charge on any atom is 0.275 e. The zero-order chi connectivity index (χ0) is 17.4. The third kappa shape index (κ3) is 5.66. The monoisotopic (exact) mass is 331 g/mol. The molecule has 5 heteroatoms. The average molecular weight is 331 g/mol. The van der Waals surface area contributed by atoms with Gasteiger partial charge in [0.15, 0.2) is 6.54 Å². The molecule has 0 radical (unpaired) electrons. The van der Waals surface area contributed by atoms with Gasteiger partial charge < -0.3 is 15.0 Å². The Morgan fingerprint density at radius 3 is 2.54 bits per heavy atom. The van der Waals surface area contributed by atoms with Crippen LogP contribution in [0.5, 0.6) is 5.75 Å². The normalized spacial score (nSPS) is 11.8. The Hall–Kier alpha value is -2.40. The molecule has 2 rings (SSSR count). The second kappa shape index (κ2) is 9.03. The summed E-state index contributed by atoms with van der Waals surface area (Å²) in [5, 5.41) is 2.76. The number of carbonyl (C=O) groups is 1. The van der Waals surface area contributed by atoms with E-state index in [1.165, 1.54) is 6.07 Å². The summed E-state index contributed by atoms with van der Waals surface area (Å²) in [6.07, 6.45) is 0. The van der Waals surface area contributed by atoms with Gasteiger partial charge in [-0.3, -0.25) is 4.79 Å². The number of hydrogen-bond acceptors (Lipinski definition) is 2. The summed E-state index contributed by atoms with van der Waals surface area (Å²) in [6, 6.07) is 14.3. The molecule has 0 fully saturated rings. The van der Waals surface area contributed by atoms with E-state index in [1.807, 2.05) is 38.2 Å². The van der Waals surface area contributed by atoms with E-state index in [0.29, 0.717) is 18.7 Å². The molecule has 0 aliphatic rings. The summed E-state index contributed by atoms with van der Waals surface area (Å²) in [5.41, 5.74) is 1.63. The van der Waals surface area contributed by atoms with E-state index < -0.39 is 0 Å². The van der Waals surface area contributed by atoms with Gasteiger partial charge in [-0.15, -0.1) is 0 Å². The van der Waals surface area contributed by atoms with Crippen LogP contribution in [0.15, 0.2) is 48.5 Å². The van der Waals surface area contributed by atoms with Crippen molar-refractivity contribution < 1.29 is 18.8 Å². The molecule has 0 bridgehead atoms. The van der Waals surface area contributed by atoms with Crippen LogP contribution in [0.2, 0.25) is 0 Å². The minimum atomic E-state index is -0.298. The fraction of sp³-hybridized carbons (Fsp3) is 0.316. The first-order valence-electron chi connectivity index (χ1n) is 8.11. The molecule has 0 heterocycles. The number of benzene rings is 2. The summed E-state index contributed by atoms with van der Waals surface area (Å²) in [6.45, 7) is 3.88. The van der Waals surface area contributed by atoms with Crippen LogP contribution in [0.1, 0.15) is 18.1 Å². The maximum atomic E-state index is 13.5. The molecular weight excluding hydrogens is 307 g/mol. The van der Waals surface area contributed by atoms with Crippen LogP contribution in [0, 0.1) is 5.82 Å². The van der Waals surface area contributed by atoms with Gasteiger partial charge in [0.25, 0.3) is 5.91 Å². The van der Waals surface area contributed by atoms with Crippen molar-refractivity contribution in [1.82, 2.24) is 5.32 Å². The Bertz CT molecular complexity index is 659. The van der Waals surface area contributed by atoms with Crippen LogP contribution in [0.25, 0.3) is 0 Å². The number of nitrogens with one attached hydrogen (secondary N) is 2. The molecule has 128 valence electrons. The van der Waals surface area contributed by atoms with E-state index in [9.17, 15) is 9.18 Å². The van der Waals surface area contributed by atoms with Crippen molar-refractivity contribution in [3.05, 3.63) is 65.5 Å². The Kier molecular flexibility index (Phi) is 6.75. The summed E-state index contributed by atoms with van der Waals surface area (Å²) in [5.74, 6) is 0.455. The maximum absolute atomic E-state index is 13.5. The van der Waals surface area contributed by atoms with Crippen LogP contribution in [0.3, 0.4) is 0 Å². The molecule has 2 aromatic carbocycles. The summed E-state index contributed by atoms with van der Waals surface area (Å²) < 4.78 is 18.9. The Balaban J connectivity index is 1.78. The Morgan fingerprint density at radius 2 is 1.88 bits per heavy atom. The smallest absolute Gasteiger partial charge is 0.275 e. The van der Waals surface area contributed by atoms with Crippen molar-refractivity contribution in [2.75, 3.05) is 20.2 Å². The van der Waals surface area contributed by atoms with Crippen molar-refractivity contribution >= 4 is 5.91 Å². The van der Waals surface area contributed by atoms with E-state index in [2.05, 4.69) is 5.32 Å². The average Bonchev–Trinajstić information content (AvgIpc) is 2.56. The first-order valence-corrected chi connectivity index (χ1v) is 8.11. The van der Waals surface area contributed by atoms with E-state index >= 15 is 0 Å². The number of hydrogen-bond donors (Lipinski definition) is 2. The lowest BCUT2D eigenvalue weighted by Gasteiger charge is -2.14. The second-order valence-electron chi connectivity index (χ2n) is 5.76. The van der Waals surface area contributed by atoms with Gasteiger partial charge in [0.05, 0.1) is 13.7 Å². The molecule has 1 unspecified atom stereocenters. The lowest BCUT2D eigenvalue weighted by Crippen LogP contribution is -3.08. The highest BCUT2D eigenvalue weighted by molar-refractivity contribution is 5.76. The van der Waals surface area contributed by atoms with E-state index in [-0.39, 0.29) is 18.3 Å². The highest BCUT2D eigenvalue weighted by Crippen LogP contribution is 2.11. The quantitative estimate of drug-likeness (QED) is 0.771. The molecule has 1 amide bonds. The molecule has 4 nitrogen and oxygen atoms in total. The number of likely N-dealkylation sites (N-methyl/N-ethyl adjacent to an activating group) is 1. The van der Waals surface area contributed by atoms with Gasteiger partial charge in [0.2, 0.25) is 0 Å². The van der Waals surface area contributed by atoms with Crippen molar-refractivity contribution in [2.45, 2.75) is 20.0 Å². The molecule has 24 heavy (non-hydrogen) atoms. The lowest BCUT2D eigenvalue weighted by atomic mass is 10.2. The van der Waals surface area contributed by atoms with E-state index in [0.717, 1.165) is 22.8 Å². The van der Waals surface area contributed by atoms with Crippen LogP contribution in [-0.2, 0) is 17.9 Å². The summed E-state index contributed by atoms with van der Waals surface area (Å²) in [7, 11) is 1.96. The summed E-state index contributed by atoms with van der Waals surface area (Å²) >= 11 is 0. The Labute approximate surface area is 142 Å². The first kappa shape index (κ1) is 17.9. The number of halogens is 1. The van der Waals surface area contributed by atoms with Crippen molar-refractivity contribution in [1.29, 1.82) is 0 Å². The molecular formula is C19H24FN2O2+. The third-order valence-electron chi connectivity index (χ3n) is 3.64. The molecule has 0 aromatic heterocycles. The van der Waals surface area contributed by atoms with Crippen molar-refractivity contribution in [2.24, 2.45) is 0 Å². The van der Waals surface area contributed by atoms with Gasteiger partial charge in [-0.2, -0.15) is 0 Å². The zero-order valence-corrected chi connectivity index (χ0v) is 14.1. The number of quaternary nitrogens is 1. The first-order chi connectivity index (χ1) is 11.6. The number of amides is 1. The second-order valence-corrected chi connectivity index (χ2v) is 5.76. The van der Waals surface area contributed by atoms with E-state index in [4.69, 9.17) is 4.74 Å². The largest absolute Gasteiger partial charge is 0.494 e. The van der Waals surface area contributed by atoms with Crippen LogP contribution < -0.4 is 15.0 Å². The van der Waals surface area contributed by atoms with Crippen LogP contribution in [-0.4, -0.2) is 26.1 Å². The Morgan fingerprint density at radius 1 is 1.17 bits per heavy atom. The molecule has 2 aromatic rings. The highest BCUT2D eigenvalue weighted by Gasteiger charge is 2.11. The topological polar surface area (TPSA) is 42.8 Å². The number of ether oxygens (including phenoxy) is 1. The fourth-order valence-electron chi connectivity index (χ4n) is 2.45. The zero-order valence-electron chi connectivity index (χ0n) is 14.1. The minimum Gasteiger partial charge on any atom is -0.494 e. The van der Waals surface area contributed by atoms with Crippen molar-refractivity contribution in [3.63, 3.8) is 0 Å². The lowest BCUT2D eigenvalue weighted by molar-refractivity contribution is -0.885. The SMILES string of the molecule is CCOc1ccc(C[NH+](C)CC(=O)NCc2ccccc2F)cc1. The molecule has 0 saturated heterocycles. The molecule has 0 aliphatic heterocycles. The number of rotatable bonds is 8. The van der Waals surface area contributed by atoms with Gasteiger partial charge in [0, 0.05) is 17.7 Å². The molecule has 2 N–H and O–H groups in total. The predicted molar refractivity (Wildman–Crippen MR) is 91.3 cm³/mol. The van der Waals surface area contributed by atoms with Crippen molar-refractivity contribution in [3.8, 4) is 5.75 Å². The number of carbonyl (C=O) groups excluding carboxylic acids is 1. The van der Waals surface area contributed by atoms with E-state index in [1.54, 1.807) is 18.2 Å². The van der Waals surface area contributed by atoms with Gasteiger partial charge in [-0.1, -0.05) is 18.2 Å². The minimum absolute atomic E-state index is 0.0957. The van der Waals surface area contributed by atoms with Gasteiger partial charge >= 0.3 is 0 Å². The van der Waals surface area contributed by atoms with Crippen LogP contribution >= 0.6 is 0 Å². The third-order valence-corrected chi connectivity index (χ3v) is 3.64. The molecule has 0 saturated carbocycles.